The molecule has 3 N–H and O–H groups in total. The van der Waals surface area contributed by atoms with Crippen LogP contribution in [0.1, 0.15) is 18.6 Å². The average Bonchev–Trinajstić information content (AvgIpc) is 3.04. The van der Waals surface area contributed by atoms with Gasteiger partial charge in [0.1, 0.15) is 11.4 Å². The number of piperidine rings is 1. The third-order valence-electron chi connectivity index (χ3n) is 4.13. The van der Waals surface area contributed by atoms with Crippen molar-refractivity contribution in [1.29, 1.82) is 0 Å². The van der Waals surface area contributed by atoms with E-state index in [-0.39, 0.29) is 0 Å². The molecule has 124 valence electrons. The van der Waals surface area contributed by atoms with Gasteiger partial charge >= 0.3 is 0 Å². The number of aromatic nitrogens is 1. The van der Waals surface area contributed by atoms with Gasteiger partial charge in [0.15, 0.2) is 5.76 Å². The number of methoxy groups -OCH3 is 1. The molecular formula is C17H23N3O3. The third kappa shape index (κ3) is 4.10. The average molecular weight is 317 g/mol. The standard InChI is InChI=1S/C17H23N3O3/c1-22-14-5-2-4-13(8-14)16-9-15(23-20-16)10-19-12-17(21)6-3-7-18-11-17/h2,4-5,8-9,18-19,21H,3,6-7,10-12H2,1H3/t17-/m1/s1. The van der Waals surface area contributed by atoms with Gasteiger partial charge in [-0.15, -0.1) is 0 Å². The smallest absolute Gasteiger partial charge is 0.151 e. The van der Waals surface area contributed by atoms with Crippen LogP contribution in [-0.2, 0) is 6.54 Å². The van der Waals surface area contributed by atoms with Crippen LogP contribution >= 0.6 is 0 Å². The Bertz CT molecular complexity index is 636. The van der Waals surface area contributed by atoms with E-state index in [1.165, 1.54) is 0 Å². The fourth-order valence-electron chi connectivity index (χ4n) is 2.84. The molecule has 1 fully saturated rings. The first-order chi connectivity index (χ1) is 11.2. The molecule has 0 unspecified atom stereocenters. The molecule has 6 nitrogen and oxygen atoms in total. The first kappa shape index (κ1) is 16.0. The molecule has 2 heterocycles. The Morgan fingerprint density at radius 2 is 2.35 bits per heavy atom. The minimum absolute atomic E-state index is 0.537. The number of hydrogen-bond donors (Lipinski definition) is 3. The summed E-state index contributed by atoms with van der Waals surface area (Å²) in [5, 5.41) is 21.0. The van der Waals surface area contributed by atoms with Gasteiger partial charge in [-0.05, 0) is 31.5 Å². The zero-order valence-electron chi connectivity index (χ0n) is 13.3. The minimum Gasteiger partial charge on any atom is -0.497 e. The number of hydrogen-bond acceptors (Lipinski definition) is 6. The molecule has 0 radical (unpaired) electrons. The van der Waals surface area contributed by atoms with Crippen LogP contribution in [0.25, 0.3) is 11.3 Å². The van der Waals surface area contributed by atoms with Crippen LogP contribution in [0.15, 0.2) is 34.9 Å². The van der Waals surface area contributed by atoms with E-state index in [0.717, 1.165) is 42.2 Å². The van der Waals surface area contributed by atoms with Gasteiger partial charge in [0.05, 0.1) is 19.3 Å². The van der Waals surface area contributed by atoms with E-state index < -0.39 is 5.60 Å². The van der Waals surface area contributed by atoms with E-state index in [4.69, 9.17) is 9.26 Å². The highest BCUT2D eigenvalue weighted by molar-refractivity contribution is 5.60. The second kappa shape index (κ2) is 7.12. The summed E-state index contributed by atoms with van der Waals surface area (Å²) >= 11 is 0. The summed E-state index contributed by atoms with van der Waals surface area (Å²) in [6, 6.07) is 9.61. The van der Waals surface area contributed by atoms with Crippen molar-refractivity contribution >= 4 is 0 Å². The van der Waals surface area contributed by atoms with Gasteiger partial charge < -0.3 is 25.0 Å². The molecule has 1 aliphatic rings. The normalized spacial score (nSPS) is 21.3. The van der Waals surface area contributed by atoms with E-state index in [0.29, 0.717) is 19.6 Å². The first-order valence-corrected chi connectivity index (χ1v) is 7.92. The van der Waals surface area contributed by atoms with Crippen LogP contribution in [0, 0.1) is 0 Å². The van der Waals surface area contributed by atoms with Gasteiger partial charge in [-0.2, -0.15) is 0 Å². The topological polar surface area (TPSA) is 79.5 Å². The Morgan fingerprint density at radius 3 is 3.13 bits per heavy atom. The van der Waals surface area contributed by atoms with Crippen molar-refractivity contribution in [3.05, 3.63) is 36.1 Å². The predicted molar refractivity (Wildman–Crippen MR) is 87.3 cm³/mol. The van der Waals surface area contributed by atoms with Crippen LogP contribution in [0.2, 0.25) is 0 Å². The Labute approximate surface area is 135 Å². The van der Waals surface area contributed by atoms with Gasteiger partial charge in [0, 0.05) is 24.7 Å². The van der Waals surface area contributed by atoms with Crippen LogP contribution in [0.5, 0.6) is 5.75 Å². The molecule has 1 atom stereocenters. The summed E-state index contributed by atoms with van der Waals surface area (Å²) in [5.41, 5.74) is 1.06. The highest BCUT2D eigenvalue weighted by Gasteiger charge is 2.28. The fourth-order valence-corrected chi connectivity index (χ4v) is 2.84. The summed E-state index contributed by atoms with van der Waals surface area (Å²) in [5.74, 6) is 1.53. The Hall–Kier alpha value is -1.89. The SMILES string of the molecule is COc1cccc(-c2cc(CNC[C@@]3(O)CCCNC3)on2)c1. The highest BCUT2D eigenvalue weighted by atomic mass is 16.5. The fraction of sp³-hybridized carbons (Fsp3) is 0.471. The Balaban J connectivity index is 1.56. The molecule has 23 heavy (non-hydrogen) atoms. The van der Waals surface area contributed by atoms with Gasteiger partial charge in [0.2, 0.25) is 0 Å². The van der Waals surface area contributed by atoms with Gasteiger partial charge in [-0.3, -0.25) is 0 Å². The molecule has 6 heteroatoms. The van der Waals surface area contributed by atoms with Crippen LogP contribution in [-0.4, -0.2) is 42.6 Å². The molecule has 1 aliphatic heterocycles. The lowest BCUT2D eigenvalue weighted by molar-refractivity contribution is 0.0165. The van der Waals surface area contributed by atoms with Crippen molar-refractivity contribution in [3.63, 3.8) is 0 Å². The summed E-state index contributed by atoms with van der Waals surface area (Å²) in [7, 11) is 1.64. The van der Waals surface area contributed by atoms with Gasteiger partial charge in [-0.25, -0.2) is 0 Å². The molecule has 1 aromatic heterocycles. The molecule has 0 saturated carbocycles. The summed E-state index contributed by atoms with van der Waals surface area (Å²) in [6.07, 6.45) is 1.82. The molecule has 0 amide bonds. The number of ether oxygens (including phenoxy) is 1. The van der Waals surface area contributed by atoms with E-state index in [1.807, 2.05) is 30.3 Å². The van der Waals surface area contributed by atoms with E-state index >= 15 is 0 Å². The first-order valence-electron chi connectivity index (χ1n) is 7.92. The number of rotatable bonds is 6. The van der Waals surface area contributed by atoms with Crippen molar-refractivity contribution in [1.82, 2.24) is 15.8 Å². The van der Waals surface area contributed by atoms with Gasteiger partial charge in [-0.1, -0.05) is 17.3 Å². The second-order valence-corrected chi connectivity index (χ2v) is 6.02. The van der Waals surface area contributed by atoms with E-state index in [2.05, 4.69) is 15.8 Å². The highest BCUT2D eigenvalue weighted by Crippen LogP contribution is 2.23. The van der Waals surface area contributed by atoms with Crippen molar-refractivity contribution in [2.75, 3.05) is 26.7 Å². The number of aliphatic hydroxyl groups is 1. The lowest BCUT2D eigenvalue weighted by atomic mass is 9.94. The second-order valence-electron chi connectivity index (χ2n) is 6.02. The molecule has 1 saturated heterocycles. The number of nitrogens with zero attached hydrogens (tertiary/aromatic N) is 1. The van der Waals surface area contributed by atoms with Crippen molar-refractivity contribution < 1.29 is 14.4 Å². The summed E-state index contributed by atoms with van der Waals surface area (Å²) in [6.45, 7) is 2.69. The molecular weight excluding hydrogens is 294 g/mol. The maximum Gasteiger partial charge on any atom is 0.151 e. The molecule has 1 aromatic carbocycles. The Kier molecular flexibility index (Phi) is 4.95. The monoisotopic (exact) mass is 317 g/mol. The zero-order chi connectivity index (χ0) is 16.1. The zero-order valence-corrected chi connectivity index (χ0v) is 13.3. The number of benzene rings is 1. The molecule has 3 rings (SSSR count). The predicted octanol–water partition coefficient (Wildman–Crippen LogP) is 1.55. The van der Waals surface area contributed by atoms with Crippen LogP contribution in [0.4, 0.5) is 0 Å². The van der Waals surface area contributed by atoms with Crippen LogP contribution < -0.4 is 15.4 Å². The largest absolute Gasteiger partial charge is 0.497 e. The molecule has 0 bridgehead atoms. The summed E-state index contributed by atoms with van der Waals surface area (Å²) < 4.78 is 10.6. The van der Waals surface area contributed by atoms with Crippen molar-refractivity contribution in [2.45, 2.75) is 25.0 Å². The molecule has 2 aromatic rings. The third-order valence-corrected chi connectivity index (χ3v) is 4.13. The lowest BCUT2D eigenvalue weighted by Crippen LogP contribution is -2.51. The maximum absolute atomic E-state index is 10.4. The van der Waals surface area contributed by atoms with Gasteiger partial charge in [0.25, 0.3) is 0 Å². The number of β-amino-alcohol motifs (C(OH)–C–C–N with tert-alkyl or cyclic N) is 1. The lowest BCUT2D eigenvalue weighted by Gasteiger charge is -2.32. The molecule has 0 spiro atoms. The minimum atomic E-state index is -0.673. The van der Waals surface area contributed by atoms with E-state index in [9.17, 15) is 5.11 Å². The van der Waals surface area contributed by atoms with E-state index in [1.54, 1.807) is 7.11 Å². The maximum atomic E-state index is 10.4. The molecule has 0 aliphatic carbocycles. The van der Waals surface area contributed by atoms with Crippen LogP contribution in [0.3, 0.4) is 0 Å². The van der Waals surface area contributed by atoms with Crippen molar-refractivity contribution in [2.24, 2.45) is 0 Å². The summed E-state index contributed by atoms with van der Waals surface area (Å²) in [4.78, 5) is 0. The Morgan fingerprint density at radius 1 is 1.43 bits per heavy atom. The van der Waals surface area contributed by atoms with Crippen molar-refractivity contribution in [3.8, 4) is 17.0 Å². The number of nitrogens with one attached hydrogen (secondary N) is 2. The quantitative estimate of drug-likeness (QED) is 0.750.